The molecule has 0 heterocycles. The highest BCUT2D eigenvalue weighted by Gasteiger charge is 2.48. The summed E-state index contributed by atoms with van der Waals surface area (Å²) >= 11 is 0. The molecule has 5 heteroatoms. The van der Waals surface area contributed by atoms with Crippen LogP contribution in [0, 0.1) is 11.7 Å². The lowest BCUT2D eigenvalue weighted by Gasteiger charge is -2.09. The predicted molar refractivity (Wildman–Crippen MR) is 70.2 cm³/mol. The zero-order valence-electron chi connectivity index (χ0n) is 11.5. The topological polar surface area (TPSA) is 63.6 Å². The molecule has 0 saturated heterocycles. The van der Waals surface area contributed by atoms with Crippen LogP contribution in [0.1, 0.15) is 48.5 Å². The summed E-state index contributed by atoms with van der Waals surface area (Å²) in [5.41, 5.74) is 0.167. The zero-order valence-corrected chi connectivity index (χ0v) is 11.5. The SMILES string of the molecule is CCOC(=O)[C@@H]1C[C@@H]1c1c(F)ccc(C(=O)CC)c1O. The van der Waals surface area contributed by atoms with E-state index in [4.69, 9.17) is 4.74 Å². The molecule has 1 aromatic carbocycles. The zero-order chi connectivity index (χ0) is 14.9. The maximum atomic E-state index is 13.9. The molecule has 1 aliphatic rings. The van der Waals surface area contributed by atoms with Crippen molar-refractivity contribution in [3.63, 3.8) is 0 Å². The maximum Gasteiger partial charge on any atom is 0.309 e. The summed E-state index contributed by atoms with van der Waals surface area (Å²) in [6.07, 6.45) is 0.664. The number of hydrogen-bond donors (Lipinski definition) is 1. The molecule has 108 valence electrons. The summed E-state index contributed by atoms with van der Waals surface area (Å²) in [4.78, 5) is 23.3. The summed E-state index contributed by atoms with van der Waals surface area (Å²) in [5.74, 6) is -2.40. The van der Waals surface area contributed by atoms with E-state index >= 15 is 0 Å². The molecule has 1 aromatic rings. The summed E-state index contributed by atoms with van der Waals surface area (Å²) in [6.45, 7) is 3.64. The Morgan fingerprint density at radius 3 is 2.70 bits per heavy atom. The van der Waals surface area contributed by atoms with Crippen molar-refractivity contribution in [2.24, 2.45) is 5.92 Å². The van der Waals surface area contributed by atoms with Crippen LogP contribution in [0.4, 0.5) is 4.39 Å². The van der Waals surface area contributed by atoms with Crippen LogP contribution in [-0.4, -0.2) is 23.5 Å². The molecule has 0 aromatic heterocycles. The second-order valence-electron chi connectivity index (χ2n) is 4.83. The van der Waals surface area contributed by atoms with Crippen LogP contribution in [-0.2, 0) is 9.53 Å². The Morgan fingerprint density at radius 1 is 1.40 bits per heavy atom. The Balaban J connectivity index is 2.29. The number of ketones is 1. The summed E-state index contributed by atoms with van der Waals surface area (Å²) in [5, 5.41) is 10.1. The van der Waals surface area contributed by atoms with Gasteiger partial charge in [0.05, 0.1) is 18.1 Å². The number of carbonyl (C=O) groups excluding carboxylic acids is 2. The lowest BCUT2D eigenvalue weighted by molar-refractivity contribution is -0.144. The Morgan fingerprint density at radius 2 is 2.10 bits per heavy atom. The van der Waals surface area contributed by atoms with Gasteiger partial charge in [-0.05, 0) is 25.5 Å². The van der Waals surface area contributed by atoms with Crippen molar-refractivity contribution in [3.05, 3.63) is 29.1 Å². The van der Waals surface area contributed by atoms with Crippen molar-refractivity contribution >= 4 is 11.8 Å². The van der Waals surface area contributed by atoms with E-state index in [1.165, 1.54) is 12.1 Å². The van der Waals surface area contributed by atoms with Crippen molar-refractivity contribution in [1.82, 2.24) is 0 Å². The van der Waals surface area contributed by atoms with Gasteiger partial charge in [0.1, 0.15) is 11.6 Å². The van der Waals surface area contributed by atoms with E-state index in [2.05, 4.69) is 0 Å². The maximum absolute atomic E-state index is 13.9. The normalized spacial score (nSPS) is 20.6. The van der Waals surface area contributed by atoms with Crippen molar-refractivity contribution in [2.75, 3.05) is 6.61 Å². The molecule has 0 amide bonds. The van der Waals surface area contributed by atoms with Gasteiger partial charge in [-0.1, -0.05) is 6.92 Å². The van der Waals surface area contributed by atoms with Crippen molar-refractivity contribution in [1.29, 1.82) is 0 Å². The highest BCUT2D eigenvalue weighted by Crippen LogP contribution is 2.52. The molecule has 2 rings (SSSR count). The lowest BCUT2D eigenvalue weighted by Crippen LogP contribution is -2.08. The molecule has 0 unspecified atom stereocenters. The van der Waals surface area contributed by atoms with Gasteiger partial charge < -0.3 is 9.84 Å². The van der Waals surface area contributed by atoms with Gasteiger partial charge in [-0.25, -0.2) is 4.39 Å². The number of esters is 1. The minimum absolute atomic E-state index is 0.0577. The number of halogens is 1. The van der Waals surface area contributed by atoms with E-state index < -0.39 is 17.7 Å². The molecular formula is C15H17FO4. The third-order valence-corrected chi connectivity index (χ3v) is 3.54. The number of ether oxygens (including phenoxy) is 1. The van der Waals surface area contributed by atoms with E-state index in [0.29, 0.717) is 6.42 Å². The second-order valence-corrected chi connectivity index (χ2v) is 4.83. The first-order valence-corrected chi connectivity index (χ1v) is 6.72. The second kappa shape index (κ2) is 5.61. The van der Waals surface area contributed by atoms with Crippen LogP contribution < -0.4 is 0 Å². The third-order valence-electron chi connectivity index (χ3n) is 3.54. The number of phenolic OH excluding ortho intramolecular Hbond substituents is 1. The summed E-state index contributed by atoms with van der Waals surface area (Å²) < 4.78 is 18.8. The van der Waals surface area contributed by atoms with Gasteiger partial charge in [-0.3, -0.25) is 9.59 Å². The smallest absolute Gasteiger partial charge is 0.309 e. The van der Waals surface area contributed by atoms with E-state index in [1.54, 1.807) is 13.8 Å². The molecule has 1 N–H and O–H groups in total. The van der Waals surface area contributed by atoms with E-state index in [-0.39, 0.29) is 41.7 Å². The Labute approximate surface area is 116 Å². The first kappa shape index (κ1) is 14.5. The van der Waals surface area contributed by atoms with Gasteiger partial charge >= 0.3 is 5.97 Å². The minimum atomic E-state index is -0.591. The van der Waals surface area contributed by atoms with Gasteiger partial charge in [0, 0.05) is 17.9 Å². The number of Topliss-reactive ketones (excluding diaryl/α,β-unsaturated/α-hetero) is 1. The van der Waals surface area contributed by atoms with Crippen LogP contribution in [0.2, 0.25) is 0 Å². The largest absolute Gasteiger partial charge is 0.507 e. The van der Waals surface area contributed by atoms with Gasteiger partial charge in [0.15, 0.2) is 5.78 Å². The quantitative estimate of drug-likeness (QED) is 0.665. The Bertz CT molecular complexity index is 553. The third kappa shape index (κ3) is 2.53. The fourth-order valence-electron chi connectivity index (χ4n) is 2.38. The average molecular weight is 280 g/mol. The number of carbonyl (C=O) groups is 2. The summed E-state index contributed by atoms with van der Waals surface area (Å²) in [7, 11) is 0. The average Bonchev–Trinajstić information content (AvgIpc) is 3.19. The lowest BCUT2D eigenvalue weighted by atomic mass is 9.99. The van der Waals surface area contributed by atoms with Crippen LogP contribution in [0.15, 0.2) is 12.1 Å². The van der Waals surface area contributed by atoms with Crippen molar-refractivity contribution in [3.8, 4) is 5.75 Å². The number of aromatic hydroxyl groups is 1. The minimum Gasteiger partial charge on any atom is -0.507 e. The van der Waals surface area contributed by atoms with Crippen LogP contribution in [0.3, 0.4) is 0 Å². The molecule has 4 nitrogen and oxygen atoms in total. The Kier molecular flexibility index (Phi) is 4.06. The molecule has 0 spiro atoms. The van der Waals surface area contributed by atoms with E-state index in [9.17, 15) is 19.1 Å². The van der Waals surface area contributed by atoms with Crippen LogP contribution in [0.5, 0.6) is 5.75 Å². The van der Waals surface area contributed by atoms with Crippen LogP contribution in [0.25, 0.3) is 0 Å². The fourth-order valence-corrected chi connectivity index (χ4v) is 2.38. The monoisotopic (exact) mass is 280 g/mol. The summed E-state index contributed by atoms with van der Waals surface area (Å²) in [6, 6.07) is 2.44. The molecule has 0 aliphatic heterocycles. The highest BCUT2D eigenvalue weighted by atomic mass is 19.1. The van der Waals surface area contributed by atoms with Gasteiger partial charge in [0.25, 0.3) is 0 Å². The molecule has 0 bridgehead atoms. The number of benzene rings is 1. The van der Waals surface area contributed by atoms with E-state index in [0.717, 1.165) is 0 Å². The predicted octanol–water partition coefficient (Wildman–Crippen LogP) is 2.79. The number of rotatable bonds is 5. The van der Waals surface area contributed by atoms with E-state index in [1.807, 2.05) is 0 Å². The standard InChI is InChI=1S/C15H17FO4/c1-3-12(17)8-5-6-11(16)13(14(8)18)9-7-10(9)15(19)20-4-2/h5-6,9-10,18H,3-4,7H2,1-2H3/t9-,10+/m0/s1. The van der Waals surface area contributed by atoms with Crippen molar-refractivity contribution in [2.45, 2.75) is 32.6 Å². The van der Waals surface area contributed by atoms with Gasteiger partial charge in [-0.15, -0.1) is 0 Å². The van der Waals surface area contributed by atoms with Crippen LogP contribution >= 0.6 is 0 Å². The fraction of sp³-hybridized carbons (Fsp3) is 0.467. The first-order valence-electron chi connectivity index (χ1n) is 6.72. The molecule has 1 fully saturated rings. The number of phenols is 1. The molecule has 2 atom stereocenters. The number of hydrogen-bond acceptors (Lipinski definition) is 4. The van der Waals surface area contributed by atoms with Gasteiger partial charge in [-0.2, -0.15) is 0 Å². The molecule has 1 saturated carbocycles. The first-order chi connectivity index (χ1) is 9.51. The molecule has 20 heavy (non-hydrogen) atoms. The molecule has 1 aliphatic carbocycles. The highest BCUT2D eigenvalue weighted by molar-refractivity contribution is 5.99. The Hall–Kier alpha value is -1.91. The molecular weight excluding hydrogens is 263 g/mol. The van der Waals surface area contributed by atoms with Crippen molar-refractivity contribution < 1.29 is 23.8 Å². The van der Waals surface area contributed by atoms with Gasteiger partial charge in [0.2, 0.25) is 0 Å². The molecule has 0 radical (unpaired) electrons.